The van der Waals surface area contributed by atoms with E-state index in [-0.39, 0.29) is 19.0 Å². The van der Waals surface area contributed by atoms with E-state index >= 15 is 0 Å². The summed E-state index contributed by atoms with van der Waals surface area (Å²) >= 11 is 0. The van der Waals surface area contributed by atoms with Crippen molar-refractivity contribution in [3.8, 4) is 5.82 Å². The van der Waals surface area contributed by atoms with Gasteiger partial charge in [0, 0.05) is 44.8 Å². The molecule has 0 spiro atoms. The summed E-state index contributed by atoms with van der Waals surface area (Å²) in [6, 6.07) is 10.8. The topological polar surface area (TPSA) is 88.4 Å². The van der Waals surface area contributed by atoms with Crippen molar-refractivity contribution in [2.75, 3.05) is 26.2 Å². The van der Waals surface area contributed by atoms with Gasteiger partial charge in [-0.25, -0.2) is 18.1 Å². The monoisotopic (exact) mass is 451 g/mol. The van der Waals surface area contributed by atoms with E-state index in [0.29, 0.717) is 29.4 Å². The first kappa shape index (κ1) is 20.8. The quantitative estimate of drug-likeness (QED) is 0.607. The minimum Gasteiger partial charge on any atom is -0.336 e. The second-order valence-corrected chi connectivity index (χ2v) is 10.1. The van der Waals surface area contributed by atoms with Gasteiger partial charge in [-0.05, 0) is 67.1 Å². The predicted octanol–water partition coefficient (Wildman–Crippen LogP) is 2.29. The number of amides is 1. The summed E-state index contributed by atoms with van der Waals surface area (Å²) in [5.74, 6) is 0.489. The molecule has 0 saturated carbocycles. The fourth-order valence-electron chi connectivity index (χ4n) is 4.39. The first-order chi connectivity index (χ1) is 15.5. The molecule has 1 saturated heterocycles. The molecule has 2 aliphatic rings. The Balaban J connectivity index is 1.25. The number of benzene rings is 1. The molecule has 0 N–H and O–H groups in total. The molecule has 1 aliphatic carbocycles. The van der Waals surface area contributed by atoms with Crippen molar-refractivity contribution < 1.29 is 13.2 Å². The molecule has 1 fully saturated rings. The number of carbonyl (C=O) groups is 1. The molecular formula is C23H25N5O3S. The average Bonchev–Trinajstić information content (AvgIpc) is 3.38. The van der Waals surface area contributed by atoms with E-state index in [2.05, 4.69) is 10.1 Å². The highest BCUT2D eigenvalue weighted by Crippen LogP contribution is 2.26. The Labute approximate surface area is 187 Å². The van der Waals surface area contributed by atoms with Gasteiger partial charge in [0.2, 0.25) is 10.0 Å². The molecule has 1 amide bonds. The van der Waals surface area contributed by atoms with E-state index in [0.717, 1.165) is 31.2 Å². The zero-order valence-electron chi connectivity index (χ0n) is 17.7. The fourth-order valence-corrected chi connectivity index (χ4v) is 5.86. The first-order valence-corrected chi connectivity index (χ1v) is 12.3. The third-order valence-electron chi connectivity index (χ3n) is 6.22. The second kappa shape index (κ2) is 8.48. The summed E-state index contributed by atoms with van der Waals surface area (Å²) in [6.07, 6.45) is 9.22. The van der Waals surface area contributed by atoms with Crippen molar-refractivity contribution in [3.05, 3.63) is 71.7 Å². The van der Waals surface area contributed by atoms with Gasteiger partial charge in [-0.1, -0.05) is 6.07 Å². The van der Waals surface area contributed by atoms with Gasteiger partial charge in [0.1, 0.15) is 0 Å². The number of pyridine rings is 1. The number of hydrogen-bond acceptors (Lipinski definition) is 5. The molecule has 9 heteroatoms. The van der Waals surface area contributed by atoms with Gasteiger partial charge in [0.15, 0.2) is 5.82 Å². The van der Waals surface area contributed by atoms with Crippen LogP contribution in [0.2, 0.25) is 0 Å². The molecule has 32 heavy (non-hydrogen) atoms. The van der Waals surface area contributed by atoms with Gasteiger partial charge >= 0.3 is 0 Å². The Hall–Kier alpha value is -3.04. The molecule has 3 heterocycles. The van der Waals surface area contributed by atoms with E-state index in [1.807, 2.05) is 12.1 Å². The Bertz CT molecular complexity index is 1220. The number of hydrogen-bond donors (Lipinski definition) is 0. The Morgan fingerprint density at radius 2 is 1.72 bits per heavy atom. The van der Waals surface area contributed by atoms with Crippen molar-refractivity contribution in [2.45, 2.75) is 30.6 Å². The molecule has 2 aromatic heterocycles. The number of piperazine rings is 1. The van der Waals surface area contributed by atoms with Gasteiger partial charge in [0.25, 0.3) is 5.91 Å². The van der Waals surface area contributed by atoms with E-state index in [4.69, 9.17) is 0 Å². The lowest BCUT2D eigenvalue weighted by Crippen LogP contribution is -2.50. The average molecular weight is 452 g/mol. The van der Waals surface area contributed by atoms with Crippen LogP contribution in [0.25, 0.3) is 5.82 Å². The van der Waals surface area contributed by atoms with Gasteiger partial charge in [-0.2, -0.15) is 9.40 Å². The van der Waals surface area contributed by atoms with Crippen LogP contribution in [0.4, 0.5) is 0 Å². The van der Waals surface area contributed by atoms with Crippen molar-refractivity contribution in [3.63, 3.8) is 0 Å². The lowest BCUT2D eigenvalue weighted by atomic mass is 9.92. The highest BCUT2D eigenvalue weighted by Gasteiger charge is 2.31. The maximum atomic E-state index is 13.2. The standard InChI is InChI=1S/C23H25N5O3S/c29-23(20-7-9-22(24-17-20)28-11-3-10-25-28)26-12-14-27(15-13-26)32(30,31)21-8-6-18-4-1-2-5-19(18)16-21/h3,6-11,16-17H,1-2,4-5,12-15H2. The molecular weight excluding hydrogens is 426 g/mol. The van der Waals surface area contributed by atoms with E-state index in [1.54, 1.807) is 46.2 Å². The predicted molar refractivity (Wildman–Crippen MR) is 119 cm³/mol. The van der Waals surface area contributed by atoms with Crippen LogP contribution in [0.15, 0.2) is 59.9 Å². The molecule has 0 radical (unpaired) electrons. The highest BCUT2D eigenvalue weighted by atomic mass is 32.2. The number of carbonyl (C=O) groups excluding carboxylic acids is 1. The number of rotatable bonds is 4. The third kappa shape index (κ3) is 3.93. The Morgan fingerprint density at radius 3 is 2.41 bits per heavy atom. The number of sulfonamides is 1. The smallest absolute Gasteiger partial charge is 0.255 e. The highest BCUT2D eigenvalue weighted by molar-refractivity contribution is 7.89. The molecule has 5 rings (SSSR count). The first-order valence-electron chi connectivity index (χ1n) is 10.9. The summed E-state index contributed by atoms with van der Waals surface area (Å²) < 4.78 is 29.5. The molecule has 1 aliphatic heterocycles. The van der Waals surface area contributed by atoms with Crippen molar-refractivity contribution >= 4 is 15.9 Å². The molecule has 0 bridgehead atoms. The van der Waals surface area contributed by atoms with Crippen LogP contribution in [-0.4, -0.2) is 64.5 Å². The lowest BCUT2D eigenvalue weighted by molar-refractivity contribution is 0.0697. The zero-order valence-corrected chi connectivity index (χ0v) is 18.5. The number of aryl methyl sites for hydroxylation is 2. The molecule has 166 valence electrons. The van der Waals surface area contributed by atoms with Crippen molar-refractivity contribution in [1.29, 1.82) is 0 Å². The molecule has 8 nitrogen and oxygen atoms in total. The second-order valence-electron chi connectivity index (χ2n) is 8.19. The maximum Gasteiger partial charge on any atom is 0.255 e. The minimum atomic E-state index is -3.57. The lowest BCUT2D eigenvalue weighted by Gasteiger charge is -2.34. The van der Waals surface area contributed by atoms with Crippen LogP contribution in [-0.2, 0) is 22.9 Å². The van der Waals surface area contributed by atoms with Crippen LogP contribution in [0.1, 0.15) is 34.3 Å². The van der Waals surface area contributed by atoms with E-state index in [1.165, 1.54) is 16.1 Å². The number of nitrogens with zero attached hydrogens (tertiary/aromatic N) is 5. The van der Waals surface area contributed by atoms with Crippen molar-refractivity contribution in [1.82, 2.24) is 24.0 Å². The van der Waals surface area contributed by atoms with E-state index < -0.39 is 10.0 Å². The van der Waals surface area contributed by atoms with E-state index in [9.17, 15) is 13.2 Å². The van der Waals surface area contributed by atoms with Crippen molar-refractivity contribution in [2.24, 2.45) is 0 Å². The maximum absolute atomic E-state index is 13.2. The molecule has 0 unspecified atom stereocenters. The summed E-state index contributed by atoms with van der Waals surface area (Å²) in [4.78, 5) is 19.2. The molecule has 0 atom stereocenters. The van der Waals surface area contributed by atoms with Crippen LogP contribution < -0.4 is 0 Å². The minimum absolute atomic E-state index is 0.143. The Kier molecular flexibility index (Phi) is 5.52. The molecule has 3 aromatic rings. The van der Waals surface area contributed by atoms with Crippen LogP contribution in [0, 0.1) is 0 Å². The third-order valence-corrected chi connectivity index (χ3v) is 8.11. The van der Waals surface area contributed by atoms with Crippen LogP contribution in [0.5, 0.6) is 0 Å². The van der Waals surface area contributed by atoms with Gasteiger partial charge in [-0.15, -0.1) is 0 Å². The number of fused-ring (bicyclic) bond motifs is 1. The Morgan fingerprint density at radius 1 is 0.938 bits per heavy atom. The van der Waals surface area contributed by atoms with Crippen LogP contribution in [0.3, 0.4) is 0 Å². The number of aromatic nitrogens is 3. The molecule has 1 aromatic carbocycles. The fraction of sp³-hybridized carbons (Fsp3) is 0.348. The largest absolute Gasteiger partial charge is 0.336 e. The zero-order chi connectivity index (χ0) is 22.1. The summed E-state index contributed by atoms with van der Waals surface area (Å²) in [6.45, 7) is 1.27. The summed E-state index contributed by atoms with van der Waals surface area (Å²) in [7, 11) is -3.57. The SMILES string of the molecule is O=C(c1ccc(-n2cccn2)nc1)N1CCN(S(=O)(=O)c2ccc3c(c2)CCCC3)CC1. The van der Waals surface area contributed by atoms with Gasteiger partial charge in [-0.3, -0.25) is 4.79 Å². The van der Waals surface area contributed by atoms with Crippen LogP contribution >= 0.6 is 0 Å². The van der Waals surface area contributed by atoms with Gasteiger partial charge in [0.05, 0.1) is 10.5 Å². The normalized spacial score (nSPS) is 17.2. The summed E-state index contributed by atoms with van der Waals surface area (Å²) in [5.41, 5.74) is 2.89. The van der Waals surface area contributed by atoms with Gasteiger partial charge < -0.3 is 4.90 Å². The summed E-state index contributed by atoms with van der Waals surface area (Å²) in [5, 5.41) is 4.13.